The molecule has 0 atom stereocenters. The van der Waals surface area contributed by atoms with Crippen LogP contribution in [0.2, 0.25) is 0 Å². The normalized spacial score (nSPS) is 10.4. The van der Waals surface area contributed by atoms with E-state index in [-0.39, 0.29) is 12.5 Å². The predicted octanol–water partition coefficient (Wildman–Crippen LogP) is 3.03. The molecule has 3 rings (SSSR count). The van der Waals surface area contributed by atoms with Gasteiger partial charge in [0.25, 0.3) is 5.91 Å². The number of nitrogen functional groups attached to an aromatic ring is 1. The molecule has 5 heteroatoms. The van der Waals surface area contributed by atoms with Crippen molar-refractivity contribution < 1.29 is 14.3 Å². The largest absolute Gasteiger partial charge is 0.496 e. The van der Waals surface area contributed by atoms with Crippen molar-refractivity contribution in [2.45, 2.75) is 6.61 Å². The third kappa shape index (κ3) is 3.31. The summed E-state index contributed by atoms with van der Waals surface area (Å²) in [5.74, 6) is 6.23. The topological polar surface area (TPSA) is 73.6 Å². The van der Waals surface area contributed by atoms with Gasteiger partial charge in [-0.05, 0) is 41.1 Å². The van der Waals surface area contributed by atoms with Gasteiger partial charge in [0, 0.05) is 11.1 Å². The van der Waals surface area contributed by atoms with Crippen LogP contribution in [0.5, 0.6) is 11.5 Å². The maximum absolute atomic E-state index is 11.7. The minimum Gasteiger partial charge on any atom is -0.496 e. The number of carbonyl (C=O) groups excluding carboxylic acids is 1. The molecule has 0 aliphatic rings. The summed E-state index contributed by atoms with van der Waals surface area (Å²) < 4.78 is 11.2. The Kier molecular flexibility index (Phi) is 4.63. The molecule has 0 saturated heterocycles. The minimum atomic E-state index is -0.357. The van der Waals surface area contributed by atoms with Crippen LogP contribution in [0.4, 0.5) is 0 Å². The van der Waals surface area contributed by atoms with Gasteiger partial charge >= 0.3 is 0 Å². The van der Waals surface area contributed by atoms with Gasteiger partial charge in [0.05, 0.1) is 7.11 Å². The van der Waals surface area contributed by atoms with E-state index in [0.717, 1.165) is 22.1 Å². The first-order valence-corrected chi connectivity index (χ1v) is 7.50. The molecule has 24 heavy (non-hydrogen) atoms. The summed E-state index contributed by atoms with van der Waals surface area (Å²) in [6, 6.07) is 19.1. The Balaban J connectivity index is 1.82. The van der Waals surface area contributed by atoms with Gasteiger partial charge in [0.15, 0.2) is 0 Å². The average molecular weight is 322 g/mol. The Labute approximate surface area is 140 Å². The van der Waals surface area contributed by atoms with E-state index in [0.29, 0.717) is 11.3 Å². The van der Waals surface area contributed by atoms with Gasteiger partial charge in [-0.15, -0.1) is 0 Å². The lowest BCUT2D eigenvalue weighted by Gasteiger charge is -2.12. The minimum absolute atomic E-state index is 0.285. The van der Waals surface area contributed by atoms with Crippen LogP contribution in [-0.4, -0.2) is 13.0 Å². The zero-order chi connectivity index (χ0) is 16.9. The number of carbonyl (C=O) groups is 1. The highest BCUT2D eigenvalue weighted by Crippen LogP contribution is 2.24. The number of hydrazine groups is 1. The molecular weight excluding hydrogens is 304 g/mol. The number of benzene rings is 3. The first kappa shape index (κ1) is 15.8. The molecule has 0 aliphatic carbocycles. The summed E-state index contributed by atoms with van der Waals surface area (Å²) in [7, 11) is 1.58. The summed E-state index contributed by atoms with van der Waals surface area (Å²) in [5, 5.41) is 2.27. The molecule has 0 saturated carbocycles. The SMILES string of the molecule is COc1ccc(C(=O)NN)cc1COc1ccc2ccccc2c1. The number of rotatable bonds is 5. The summed E-state index contributed by atoms with van der Waals surface area (Å²) in [5.41, 5.74) is 3.34. The van der Waals surface area contributed by atoms with E-state index >= 15 is 0 Å². The Morgan fingerprint density at radius 2 is 1.83 bits per heavy atom. The second kappa shape index (κ2) is 7.02. The van der Waals surface area contributed by atoms with Crippen molar-refractivity contribution in [1.82, 2.24) is 5.43 Å². The fourth-order valence-corrected chi connectivity index (χ4v) is 2.53. The smallest absolute Gasteiger partial charge is 0.265 e. The third-order valence-electron chi connectivity index (χ3n) is 3.79. The molecule has 122 valence electrons. The first-order chi connectivity index (χ1) is 11.7. The molecule has 3 aromatic carbocycles. The van der Waals surface area contributed by atoms with Crippen LogP contribution in [0.15, 0.2) is 60.7 Å². The van der Waals surface area contributed by atoms with Crippen molar-refractivity contribution in [1.29, 1.82) is 0 Å². The summed E-state index contributed by atoms with van der Waals surface area (Å²) >= 11 is 0. The summed E-state index contributed by atoms with van der Waals surface area (Å²) in [6.07, 6.45) is 0. The number of ether oxygens (including phenoxy) is 2. The zero-order valence-corrected chi connectivity index (χ0v) is 13.3. The van der Waals surface area contributed by atoms with Crippen LogP contribution in [0, 0.1) is 0 Å². The molecule has 0 aromatic heterocycles. The number of nitrogens with two attached hydrogens (primary N) is 1. The van der Waals surface area contributed by atoms with Gasteiger partial charge in [0.1, 0.15) is 18.1 Å². The standard InChI is InChI=1S/C19H18N2O3/c1-23-18-9-7-15(19(22)21-20)10-16(18)12-24-17-8-6-13-4-2-3-5-14(13)11-17/h2-11H,12,20H2,1H3,(H,21,22). The Bertz CT molecular complexity index is 877. The first-order valence-electron chi connectivity index (χ1n) is 7.50. The monoisotopic (exact) mass is 322 g/mol. The Hall–Kier alpha value is -3.05. The van der Waals surface area contributed by atoms with E-state index in [1.54, 1.807) is 25.3 Å². The molecule has 5 nitrogen and oxygen atoms in total. The third-order valence-corrected chi connectivity index (χ3v) is 3.79. The van der Waals surface area contributed by atoms with E-state index in [1.165, 1.54) is 0 Å². The van der Waals surface area contributed by atoms with Gasteiger partial charge in [-0.25, -0.2) is 5.84 Å². The van der Waals surface area contributed by atoms with Crippen molar-refractivity contribution in [3.05, 3.63) is 71.8 Å². The van der Waals surface area contributed by atoms with Crippen LogP contribution in [0.1, 0.15) is 15.9 Å². The molecule has 0 fully saturated rings. The molecule has 1 amide bonds. The van der Waals surface area contributed by atoms with Crippen LogP contribution in [-0.2, 0) is 6.61 Å². The number of methoxy groups -OCH3 is 1. The van der Waals surface area contributed by atoms with Crippen molar-refractivity contribution >= 4 is 16.7 Å². The highest BCUT2D eigenvalue weighted by atomic mass is 16.5. The number of nitrogens with one attached hydrogen (secondary N) is 1. The lowest BCUT2D eigenvalue weighted by Crippen LogP contribution is -2.30. The van der Waals surface area contributed by atoms with E-state index < -0.39 is 0 Å². The molecular formula is C19H18N2O3. The van der Waals surface area contributed by atoms with E-state index in [4.69, 9.17) is 15.3 Å². The van der Waals surface area contributed by atoms with Crippen molar-refractivity contribution in [3.8, 4) is 11.5 Å². The quantitative estimate of drug-likeness (QED) is 0.430. The maximum atomic E-state index is 11.7. The second-order valence-electron chi connectivity index (χ2n) is 5.30. The van der Waals surface area contributed by atoms with Gasteiger partial charge in [-0.2, -0.15) is 0 Å². The zero-order valence-electron chi connectivity index (χ0n) is 13.3. The maximum Gasteiger partial charge on any atom is 0.265 e. The van der Waals surface area contributed by atoms with Gasteiger partial charge in [-0.1, -0.05) is 30.3 Å². The number of amides is 1. The number of hydrogen-bond acceptors (Lipinski definition) is 4. The van der Waals surface area contributed by atoms with Crippen molar-refractivity contribution in [2.75, 3.05) is 7.11 Å². The predicted molar refractivity (Wildman–Crippen MR) is 92.9 cm³/mol. The van der Waals surface area contributed by atoms with Crippen LogP contribution >= 0.6 is 0 Å². The fourth-order valence-electron chi connectivity index (χ4n) is 2.53. The molecule has 0 bridgehead atoms. The molecule has 0 aliphatic heterocycles. The summed E-state index contributed by atoms with van der Waals surface area (Å²) in [4.78, 5) is 11.7. The lowest BCUT2D eigenvalue weighted by molar-refractivity contribution is 0.0953. The van der Waals surface area contributed by atoms with Crippen LogP contribution < -0.4 is 20.7 Å². The summed E-state index contributed by atoms with van der Waals surface area (Å²) in [6.45, 7) is 0.285. The van der Waals surface area contributed by atoms with E-state index in [9.17, 15) is 4.79 Å². The highest BCUT2D eigenvalue weighted by molar-refractivity contribution is 5.94. The Morgan fingerprint density at radius 3 is 2.58 bits per heavy atom. The van der Waals surface area contributed by atoms with Crippen molar-refractivity contribution in [2.24, 2.45) is 5.84 Å². The van der Waals surface area contributed by atoms with Crippen molar-refractivity contribution in [3.63, 3.8) is 0 Å². The number of fused-ring (bicyclic) bond motifs is 1. The average Bonchev–Trinajstić information content (AvgIpc) is 2.65. The highest BCUT2D eigenvalue weighted by Gasteiger charge is 2.10. The van der Waals surface area contributed by atoms with E-state index in [1.807, 2.05) is 36.4 Å². The number of hydrogen-bond donors (Lipinski definition) is 2. The van der Waals surface area contributed by atoms with E-state index in [2.05, 4.69) is 11.5 Å². The fraction of sp³-hybridized carbons (Fsp3) is 0.105. The van der Waals surface area contributed by atoms with Gasteiger partial charge in [0.2, 0.25) is 0 Å². The van der Waals surface area contributed by atoms with Crippen LogP contribution in [0.25, 0.3) is 10.8 Å². The molecule has 0 unspecified atom stereocenters. The lowest BCUT2D eigenvalue weighted by atomic mass is 10.1. The molecule has 0 heterocycles. The van der Waals surface area contributed by atoms with Gasteiger partial charge < -0.3 is 9.47 Å². The molecule has 0 radical (unpaired) electrons. The molecule has 3 N–H and O–H groups in total. The molecule has 0 spiro atoms. The Morgan fingerprint density at radius 1 is 1.04 bits per heavy atom. The van der Waals surface area contributed by atoms with Gasteiger partial charge in [-0.3, -0.25) is 10.2 Å². The van der Waals surface area contributed by atoms with Crippen LogP contribution in [0.3, 0.4) is 0 Å². The second-order valence-corrected chi connectivity index (χ2v) is 5.30. The molecule has 3 aromatic rings.